The molecule has 0 bridgehead atoms. The summed E-state index contributed by atoms with van der Waals surface area (Å²) < 4.78 is 0. The summed E-state index contributed by atoms with van der Waals surface area (Å²) in [5, 5.41) is 15.1. The second-order valence-electron chi connectivity index (χ2n) is 17.0. The van der Waals surface area contributed by atoms with Gasteiger partial charge in [-0.05, 0) is 152 Å². The Kier molecular flexibility index (Phi) is 8.40. The molecule has 0 unspecified atom stereocenters. The van der Waals surface area contributed by atoms with Crippen LogP contribution < -0.4 is 0 Å². The van der Waals surface area contributed by atoms with Crippen molar-refractivity contribution >= 4 is 64.6 Å². The van der Waals surface area contributed by atoms with Gasteiger partial charge in [-0.15, -0.1) is 0 Å². The smallest absolute Gasteiger partial charge is 0.00259 e. The van der Waals surface area contributed by atoms with E-state index >= 15 is 0 Å². The van der Waals surface area contributed by atoms with E-state index in [2.05, 4.69) is 232 Å². The molecule has 0 atom stereocenters. The van der Waals surface area contributed by atoms with Crippen LogP contribution >= 0.6 is 0 Å². The summed E-state index contributed by atoms with van der Waals surface area (Å²) in [5.74, 6) is 0. The molecule has 0 aliphatic carbocycles. The lowest BCUT2D eigenvalue weighted by atomic mass is 9.84. The lowest BCUT2D eigenvalue weighted by molar-refractivity contribution is 1.39. The van der Waals surface area contributed by atoms with Gasteiger partial charge in [0.05, 0.1) is 0 Å². The minimum Gasteiger partial charge on any atom is -0.0616 e. The average Bonchev–Trinajstić information content (AvgIpc) is 3.31. The topological polar surface area (TPSA) is 0 Å². The molecule has 0 aliphatic rings. The molecule has 12 aromatic rings. The number of hydrogen-bond acceptors (Lipinski definition) is 0. The van der Waals surface area contributed by atoms with Crippen LogP contribution in [0.1, 0.15) is 11.1 Å². The van der Waals surface area contributed by atoms with Crippen LogP contribution in [0.5, 0.6) is 0 Å². The molecular weight excluding hydrogens is 745 g/mol. The molecule has 0 fully saturated rings. The average molecular weight is 787 g/mol. The van der Waals surface area contributed by atoms with Crippen molar-refractivity contribution in [2.45, 2.75) is 13.8 Å². The Morgan fingerprint density at radius 3 is 1.02 bits per heavy atom. The number of aryl methyl sites for hydroxylation is 2. The van der Waals surface area contributed by atoms with E-state index in [1.807, 2.05) is 0 Å². The molecule has 62 heavy (non-hydrogen) atoms. The fourth-order valence-electron chi connectivity index (χ4n) is 10.4. The molecular formula is C62H42. The molecule has 0 saturated heterocycles. The molecule has 0 aromatic heterocycles. The van der Waals surface area contributed by atoms with E-state index in [1.54, 1.807) is 0 Å². The van der Waals surface area contributed by atoms with Crippen LogP contribution in [0.4, 0.5) is 0 Å². The summed E-state index contributed by atoms with van der Waals surface area (Å²) in [6, 6.07) is 81.5. The van der Waals surface area contributed by atoms with Crippen LogP contribution in [0.15, 0.2) is 218 Å². The van der Waals surface area contributed by atoms with Gasteiger partial charge in [0.15, 0.2) is 0 Å². The second kappa shape index (κ2) is 14.4. The normalized spacial score (nSPS) is 11.7. The van der Waals surface area contributed by atoms with E-state index in [0.29, 0.717) is 0 Å². The maximum atomic E-state index is 2.44. The van der Waals surface area contributed by atoms with E-state index in [0.717, 1.165) is 0 Å². The highest BCUT2D eigenvalue weighted by molar-refractivity contribution is 6.23. The SMILES string of the molecule is Cc1cc(C)cc(-c2c3ccccc3c(-c3ccc(-c4ccc5c(-c6ccc7ccccc7c6)c6ccccc6c(-c6ccc7ccccc7c6)c5c4)cc3)c3ccccc23)c1. The number of rotatable bonds is 5. The Morgan fingerprint density at radius 2 is 0.532 bits per heavy atom. The Labute approximate surface area is 362 Å². The van der Waals surface area contributed by atoms with Gasteiger partial charge in [0.2, 0.25) is 0 Å². The third-order valence-electron chi connectivity index (χ3n) is 13.0. The van der Waals surface area contributed by atoms with Gasteiger partial charge in [-0.25, -0.2) is 0 Å². The van der Waals surface area contributed by atoms with Gasteiger partial charge in [0, 0.05) is 0 Å². The van der Waals surface area contributed by atoms with Gasteiger partial charge < -0.3 is 0 Å². The molecule has 0 aliphatic heterocycles. The first kappa shape index (κ1) is 36.1. The fourth-order valence-corrected chi connectivity index (χ4v) is 10.4. The largest absolute Gasteiger partial charge is 0.0616 e. The van der Waals surface area contributed by atoms with Crippen molar-refractivity contribution < 1.29 is 0 Å². The molecule has 0 nitrogen and oxygen atoms in total. The lowest BCUT2D eigenvalue weighted by Gasteiger charge is -2.20. The van der Waals surface area contributed by atoms with Crippen molar-refractivity contribution in [1.82, 2.24) is 0 Å². The maximum Gasteiger partial charge on any atom is -0.00259 e. The number of fused-ring (bicyclic) bond motifs is 6. The zero-order valence-electron chi connectivity index (χ0n) is 34.8. The van der Waals surface area contributed by atoms with Crippen molar-refractivity contribution in [2.75, 3.05) is 0 Å². The van der Waals surface area contributed by atoms with E-state index in [-0.39, 0.29) is 0 Å². The molecule has 0 radical (unpaired) electrons. The highest BCUT2D eigenvalue weighted by Gasteiger charge is 2.20. The molecule has 290 valence electrons. The molecule has 0 spiro atoms. The zero-order chi connectivity index (χ0) is 41.3. The second-order valence-corrected chi connectivity index (χ2v) is 17.0. The first-order valence-electron chi connectivity index (χ1n) is 21.7. The third-order valence-corrected chi connectivity index (χ3v) is 13.0. The van der Waals surface area contributed by atoms with Crippen molar-refractivity contribution in [3.05, 3.63) is 230 Å². The molecule has 0 heteroatoms. The summed E-state index contributed by atoms with van der Waals surface area (Å²) in [6.45, 7) is 4.39. The summed E-state index contributed by atoms with van der Waals surface area (Å²) >= 11 is 0. The Hall–Kier alpha value is -7.80. The Morgan fingerprint density at radius 1 is 0.194 bits per heavy atom. The van der Waals surface area contributed by atoms with Gasteiger partial charge in [0.25, 0.3) is 0 Å². The minimum absolute atomic E-state index is 1.20. The van der Waals surface area contributed by atoms with Crippen molar-refractivity contribution in [1.29, 1.82) is 0 Å². The van der Waals surface area contributed by atoms with Gasteiger partial charge in [-0.3, -0.25) is 0 Å². The van der Waals surface area contributed by atoms with Gasteiger partial charge in [-0.2, -0.15) is 0 Å². The standard InChI is InChI=1S/C62H42/c1-39-33-40(2)35-50(34-39)62-55-21-11-7-17-51(55)59(52-18-8-12-22-56(52)62)44-27-23-43(24-28-44)47-31-32-57-58(38-47)61(49-30-26-42-14-4-6-16-46(42)37-49)54-20-10-9-19-53(54)60(57)48-29-25-41-13-3-5-15-45(41)36-48/h3-38H,1-2H3. The van der Waals surface area contributed by atoms with Crippen molar-refractivity contribution in [3.8, 4) is 55.6 Å². The molecule has 0 heterocycles. The summed E-state index contributed by atoms with van der Waals surface area (Å²) in [5.41, 5.74) is 15.0. The monoisotopic (exact) mass is 786 g/mol. The van der Waals surface area contributed by atoms with Gasteiger partial charge in [-0.1, -0.05) is 211 Å². The fraction of sp³-hybridized carbons (Fsp3) is 0.0323. The minimum atomic E-state index is 1.20. The summed E-state index contributed by atoms with van der Waals surface area (Å²) in [6.07, 6.45) is 0. The predicted molar refractivity (Wildman–Crippen MR) is 268 cm³/mol. The van der Waals surface area contributed by atoms with E-state index in [1.165, 1.54) is 131 Å². The predicted octanol–water partition coefficient (Wildman–Crippen LogP) is 17.6. The Balaban J connectivity index is 1.06. The van der Waals surface area contributed by atoms with Crippen molar-refractivity contribution in [3.63, 3.8) is 0 Å². The van der Waals surface area contributed by atoms with E-state index < -0.39 is 0 Å². The van der Waals surface area contributed by atoms with Crippen LogP contribution in [-0.2, 0) is 0 Å². The first-order chi connectivity index (χ1) is 30.6. The molecule has 0 saturated carbocycles. The highest BCUT2D eigenvalue weighted by Crippen LogP contribution is 2.47. The molecule has 0 amide bonds. The van der Waals surface area contributed by atoms with Gasteiger partial charge in [0.1, 0.15) is 0 Å². The summed E-state index contributed by atoms with van der Waals surface area (Å²) in [4.78, 5) is 0. The first-order valence-corrected chi connectivity index (χ1v) is 21.7. The Bertz CT molecular complexity index is 3680. The molecule has 12 aromatic carbocycles. The van der Waals surface area contributed by atoms with Crippen LogP contribution in [0, 0.1) is 13.8 Å². The van der Waals surface area contributed by atoms with Crippen LogP contribution in [0.3, 0.4) is 0 Å². The number of benzene rings is 12. The third kappa shape index (κ3) is 5.91. The summed E-state index contributed by atoms with van der Waals surface area (Å²) in [7, 11) is 0. The number of hydrogen-bond donors (Lipinski definition) is 0. The van der Waals surface area contributed by atoms with Crippen molar-refractivity contribution in [2.24, 2.45) is 0 Å². The quantitative estimate of drug-likeness (QED) is 0.152. The van der Waals surface area contributed by atoms with Gasteiger partial charge >= 0.3 is 0 Å². The zero-order valence-corrected chi connectivity index (χ0v) is 34.8. The highest BCUT2D eigenvalue weighted by atomic mass is 14.2. The van der Waals surface area contributed by atoms with E-state index in [9.17, 15) is 0 Å². The maximum absolute atomic E-state index is 2.44. The van der Waals surface area contributed by atoms with Crippen LogP contribution in [0.25, 0.3) is 120 Å². The molecule has 0 N–H and O–H groups in total. The van der Waals surface area contributed by atoms with Crippen LogP contribution in [0.2, 0.25) is 0 Å². The van der Waals surface area contributed by atoms with Crippen LogP contribution in [-0.4, -0.2) is 0 Å². The molecule has 12 rings (SSSR count). The lowest BCUT2D eigenvalue weighted by Crippen LogP contribution is -1.93. The van der Waals surface area contributed by atoms with E-state index in [4.69, 9.17) is 0 Å².